The number of ether oxygens (including phenoxy) is 1. The number of hydrogen-bond donors (Lipinski definition) is 1. The molecule has 2 heterocycles. The molecule has 1 aromatic carbocycles. The van der Waals surface area contributed by atoms with Gasteiger partial charge in [0.1, 0.15) is 11.6 Å². The topological polar surface area (TPSA) is 54.5 Å². The molecular weight excluding hydrogens is 314 g/mol. The van der Waals surface area contributed by atoms with Crippen molar-refractivity contribution in [3.05, 3.63) is 54.2 Å². The van der Waals surface area contributed by atoms with Gasteiger partial charge in [-0.3, -0.25) is 4.79 Å². The highest BCUT2D eigenvalue weighted by atomic mass is 16.5. The third-order valence-corrected chi connectivity index (χ3v) is 4.57. The number of piperidine rings is 1. The predicted molar refractivity (Wildman–Crippen MR) is 98.9 cm³/mol. The van der Waals surface area contributed by atoms with E-state index in [1.165, 1.54) is 5.56 Å². The lowest BCUT2D eigenvalue weighted by molar-refractivity contribution is -0.123. The average Bonchev–Trinajstić information content (AvgIpc) is 2.67. The zero-order valence-electron chi connectivity index (χ0n) is 14.6. The Balaban J connectivity index is 1.35. The van der Waals surface area contributed by atoms with Crippen molar-refractivity contribution >= 4 is 11.7 Å². The third kappa shape index (κ3) is 5.21. The van der Waals surface area contributed by atoms with E-state index >= 15 is 0 Å². The van der Waals surface area contributed by atoms with Crippen LogP contribution in [0.1, 0.15) is 18.4 Å². The number of hydrogen-bond acceptors (Lipinski definition) is 4. The molecule has 1 aliphatic heterocycles. The summed E-state index contributed by atoms with van der Waals surface area (Å²) in [5, 5.41) is 2.99. The van der Waals surface area contributed by atoms with Crippen molar-refractivity contribution in [1.29, 1.82) is 0 Å². The van der Waals surface area contributed by atoms with Gasteiger partial charge in [-0.1, -0.05) is 23.8 Å². The summed E-state index contributed by atoms with van der Waals surface area (Å²) in [6.45, 7) is 4.77. The molecule has 0 atom stereocenters. The summed E-state index contributed by atoms with van der Waals surface area (Å²) in [7, 11) is 0. The second kappa shape index (κ2) is 8.51. The van der Waals surface area contributed by atoms with Gasteiger partial charge in [-0.25, -0.2) is 4.98 Å². The quantitative estimate of drug-likeness (QED) is 0.879. The van der Waals surface area contributed by atoms with Gasteiger partial charge in [-0.05, 0) is 49.9 Å². The normalized spacial score (nSPS) is 15.0. The van der Waals surface area contributed by atoms with Gasteiger partial charge in [0.2, 0.25) is 0 Å². The fraction of sp³-hybridized carbons (Fsp3) is 0.400. The molecule has 1 N–H and O–H groups in total. The first-order valence-corrected chi connectivity index (χ1v) is 8.83. The first kappa shape index (κ1) is 17.3. The Morgan fingerprint density at radius 3 is 2.64 bits per heavy atom. The van der Waals surface area contributed by atoms with E-state index in [-0.39, 0.29) is 12.5 Å². The molecule has 1 aromatic heterocycles. The molecular formula is C20H25N3O2. The van der Waals surface area contributed by atoms with E-state index < -0.39 is 0 Å². The predicted octanol–water partition coefficient (Wildman–Crippen LogP) is 2.80. The van der Waals surface area contributed by atoms with Crippen LogP contribution in [-0.2, 0) is 4.79 Å². The second-order valence-electron chi connectivity index (χ2n) is 6.52. The van der Waals surface area contributed by atoms with E-state index in [9.17, 15) is 4.79 Å². The molecule has 5 nitrogen and oxygen atoms in total. The minimum Gasteiger partial charge on any atom is -0.484 e. The molecule has 0 spiro atoms. The van der Waals surface area contributed by atoms with E-state index in [0.29, 0.717) is 12.5 Å². The Kier molecular flexibility index (Phi) is 5.88. The smallest absolute Gasteiger partial charge is 0.257 e. The lowest BCUT2D eigenvalue weighted by Crippen LogP contribution is -2.40. The highest BCUT2D eigenvalue weighted by Crippen LogP contribution is 2.20. The van der Waals surface area contributed by atoms with Gasteiger partial charge in [0.15, 0.2) is 6.61 Å². The van der Waals surface area contributed by atoms with Crippen LogP contribution in [-0.4, -0.2) is 37.1 Å². The van der Waals surface area contributed by atoms with Crippen molar-refractivity contribution in [1.82, 2.24) is 10.3 Å². The van der Waals surface area contributed by atoms with Crippen molar-refractivity contribution in [3.63, 3.8) is 0 Å². The first-order valence-electron chi connectivity index (χ1n) is 8.83. The number of amides is 1. The van der Waals surface area contributed by atoms with Crippen LogP contribution in [0.3, 0.4) is 0 Å². The molecule has 1 amide bonds. The number of carbonyl (C=O) groups excluding carboxylic acids is 1. The number of anilines is 1. The maximum Gasteiger partial charge on any atom is 0.257 e. The van der Waals surface area contributed by atoms with E-state index in [1.807, 2.05) is 55.6 Å². The summed E-state index contributed by atoms with van der Waals surface area (Å²) in [4.78, 5) is 18.7. The Morgan fingerprint density at radius 2 is 1.96 bits per heavy atom. The summed E-state index contributed by atoms with van der Waals surface area (Å²) < 4.78 is 5.51. The number of pyridine rings is 1. The molecule has 2 aromatic rings. The zero-order valence-corrected chi connectivity index (χ0v) is 14.6. The van der Waals surface area contributed by atoms with E-state index in [1.54, 1.807) is 0 Å². The molecule has 0 aliphatic carbocycles. The van der Waals surface area contributed by atoms with Gasteiger partial charge in [0, 0.05) is 25.8 Å². The van der Waals surface area contributed by atoms with Gasteiger partial charge in [-0.2, -0.15) is 0 Å². The van der Waals surface area contributed by atoms with Crippen LogP contribution in [0.5, 0.6) is 5.75 Å². The Bertz CT molecular complexity index is 665. The molecule has 3 rings (SSSR count). The summed E-state index contributed by atoms with van der Waals surface area (Å²) >= 11 is 0. The highest BCUT2D eigenvalue weighted by molar-refractivity contribution is 5.77. The highest BCUT2D eigenvalue weighted by Gasteiger charge is 2.20. The van der Waals surface area contributed by atoms with Gasteiger partial charge in [0.05, 0.1) is 0 Å². The first-order chi connectivity index (χ1) is 12.2. The molecule has 0 radical (unpaired) electrons. The lowest BCUT2D eigenvalue weighted by Gasteiger charge is -2.32. The van der Waals surface area contributed by atoms with Crippen molar-refractivity contribution < 1.29 is 9.53 Å². The SMILES string of the molecule is Cc1ccc(OCC(=O)NCC2CCN(c3ccccn3)CC2)cc1. The monoisotopic (exact) mass is 339 g/mol. The molecule has 0 saturated carbocycles. The van der Waals surface area contributed by atoms with Crippen molar-refractivity contribution in [3.8, 4) is 5.75 Å². The summed E-state index contributed by atoms with van der Waals surface area (Å²) in [6.07, 6.45) is 3.96. The fourth-order valence-corrected chi connectivity index (χ4v) is 3.00. The van der Waals surface area contributed by atoms with Gasteiger partial charge in [0.25, 0.3) is 5.91 Å². The lowest BCUT2D eigenvalue weighted by atomic mass is 9.97. The van der Waals surface area contributed by atoms with Crippen molar-refractivity contribution in [2.75, 3.05) is 31.1 Å². The van der Waals surface area contributed by atoms with Crippen LogP contribution in [0, 0.1) is 12.8 Å². The average molecular weight is 339 g/mol. The molecule has 1 fully saturated rings. The van der Waals surface area contributed by atoms with Gasteiger partial charge in [-0.15, -0.1) is 0 Å². The summed E-state index contributed by atoms with van der Waals surface area (Å²) in [6, 6.07) is 13.7. The Labute approximate surface area is 149 Å². The maximum absolute atomic E-state index is 12.0. The molecule has 132 valence electrons. The van der Waals surface area contributed by atoms with Gasteiger partial charge >= 0.3 is 0 Å². The fourth-order valence-electron chi connectivity index (χ4n) is 3.00. The van der Waals surface area contributed by atoms with Crippen molar-refractivity contribution in [2.45, 2.75) is 19.8 Å². The number of nitrogens with one attached hydrogen (secondary N) is 1. The van der Waals surface area contributed by atoms with Crippen LogP contribution >= 0.6 is 0 Å². The number of aromatic nitrogens is 1. The van der Waals surface area contributed by atoms with Gasteiger partial charge < -0.3 is 15.0 Å². The summed E-state index contributed by atoms with van der Waals surface area (Å²) in [5.41, 5.74) is 1.17. The van der Waals surface area contributed by atoms with Crippen LogP contribution in [0.2, 0.25) is 0 Å². The minimum absolute atomic E-state index is 0.0623. The molecule has 1 aliphatic rings. The number of carbonyl (C=O) groups is 1. The number of nitrogens with zero attached hydrogens (tertiary/aromatic N) is 2. The van der Waals surface area contributed by atoms with Crippen LogP contribution in [0.25, 0.3) is 0 Å². The van der Waals surface area contributed by atoms with Crippen LogP contribution < -0.4 is 15.0 Å². The summed E-state index contributed by atoms with van der Waals surface area (Å²) in [5.74, 6) is 2.22. The number of rotatable bonds is 6. The molecule has 5 heteroatoms. The van der Waals surface area contributed by atoms with E-state index in [2.05, 4.69) is 15.2 Å². The molecule has 1 saturated heterocycles. The Hall–Kier alpha value is -2.56. The molecule has 0 bridgehead atoms. The van der Waals surface area contributed by atoms with Crippen LogP contribution in [0.4, 0.5) is 5.82 Å². The van der Waals surface area contributed by atoms with Crippen molar-refractivity contribution in [2.24, 2.45) is 5.92 Å². The van der Waals surface area contributed by atoms with Crippen LogP contribution in [0.15, 0.2) is 48.7 Å². The minimum atomic E-state index is -0.0623. The third-order valence-electron chi connectivity index (χ3n) is 4.57. The second-order valence-corrected chi connectivity index (χ2v) is 6.52. The maximum atomic E-state index is 12.0. The molecule has 0 unspecified atom stereocenters. The molecule has 25 heavy (non-hydrogen) atoms. The zero-order chi connectivity index (χ0) is 17.5. The van der Waals surface area contributed by atoms with E-state index in [0.717, 1.165) is 37.5 Å². The number of aryl methyl sites for hydroxylation is 1. The van der Waals surface area contributed by atoms with E-state index in [4.69, 9.17) is 4.74 Å². The Morgan fingerprint density at radius 1 is 1.20 bits per heavy atom. The standard InChI is InChI=1S/C20H25N3O2/c1-16-5-7-18(8-6-16)25-15-20(24)22-14-17-9-12-23(13-10-17)19-4-2-3-11-21-19/h2-8,11,17H,9-10,12-15H2,1H3,(H,22,24). The number of benzene rings is 1. The largest absolute Gasteiger partial charge is 0.484 e.